The Morgan fingerprint density at radius 1 is 1.85 bits per heavy atom. The Morgan fingerprint density at radius 3 is 2.85 bits per heavy atom. The molecule has 0 unspecified atom stereocenters. The van der Waals surface area contributed by atoms with Crippen LogP contribution in [0.15, 0.2) is 5.22 Å². The zero-order valence-electron chi connectivity index (χ0n) is 7.40. The maximum atomic E-state index is 10.7. The highest BCUT2D eigenvalue weighted by atomic mass is 16.4. The Labute approximate surface area is 75.5 Å². The lowest BCUT2D eigenvalue weighted by atomic mass is 9.97. The molecule has 0 bridgehead atoms. The van der Waals surface area contributed by atoms with Crippen LogP contribution in [0.1, 0.15) is 19.8 Å². The van der Waals surface area contributed by atoms with Gasteiger partial charge in [0.2, 0.25) is 5.54 Å². The number of hydrogen-bond acceptors (Lipinski definition) is 3. The van der Waals surface area contributed by atoms with E-state index in [-0.39, 0.29) is 0 Å². The summed E-state index contributed by atoms with van der Waals surface area (Å²) in [5.41, 5.74) is 14.3. The molecule has 7 heteroatoms. The molecule has 0 aromatic rings. The van der Waals surface area contributed by atoms with Gasteiger partial charge in [0.15, 0.2) is 0 Å². The Hall–Kier alpha value is -1.46. The van der Waals surface area contributed by atoms with Gasteiger partial charge in [-0.25, -0.2) is 10.2 Å². The monoisotopic (exact) mass is 187 g/mol. The molecular formula is C6H13N5O2. The van der Waals surface area contributed by atoms with Gasteiger partial charge in [0, 0.05) is 6.42 Å². The van der Waals surface area contributed by atoms with Crippen molar-refractivity contribution >= 4 is 5.97 Å². The summed E-state index contributed by atoms with van der Waals surface area (Å²) < 4.78 is 0. The summed E-state index contributed by atoms with van der Waals surface area (Å²) >= 11 is 0. The normalized spacial score (nSPS) is 14.0. The Bertz CT molecular complexity index is 225. The predicted octanol–water partition coefficient (Wildman–Crippen LogP) is 0.384. The van der Waals surface area contributed by atoms with Crippen molar-refractivity contribution in [2.75, 3.05) is 6.54 Å². The number of carboxylic acids is 1. The molecule has 1 atom stereocenters. The van der Waals surface area contributed by atoms with Gasteiger partial charge >= 0.3 is 5.97 Å². The van der Waals surface area contributed by atoms with Gasteiger partial charge in [-0.05, 0) is 25.1 Å². The molecule has 0 saturated heterocycles. The van der Waals surface area contributed by atoms with Crippen molar-refractivity contribution in [3.63, 3.8) is 0 Å². The number of hydrogen-bond donors (Lipinski definition) is 3. The average Bonchev–Trinajstić information content (AvgIpc) is 2.11. The molecule has 13 heavy (non-hydrogen) atoms. The molecule has 0 radical (unpaired) electrons. The van der Waals surface area contributed by atoms with E-state index in [1.54, 1.807) is 0 Å². The number of nitrogens with two attached hydrogens (primary N) is 1. The maximum absolute atomic E-state index is 10.7. The lowest BCUT2D eigenvalue weighted by Crippen LogP contribution is -2.46. The van der Waals surface area contributed by atoms with Crippen LogP contribution in [-0.4, -0.2) is 23.2 Å². The third-order valence-corrected chi connectivity index (χ3v) is 1.69. The fourth-order valence-corrected chi connectivity index (χ4v) is 0.799. The second-order valence-corrected chi connectivity index (χ2v) is 2.83. The standard InChI is InChI=1S/C6H13N5O2/c1-6(5(12)13,3-2-4-7)9-11-10-8/h9H,2-4,7H2,1H3,(H,12,13)/t6-/m0/s1. The van der Waals surface area contributed by atoms with Crippen molar-refractivity contribution in [3.05, 3.63) is 10.4 Å². The van der Waals surface area contributed by atoms with Crippen LogP contribution < -0.4 is 11.2 Å². The van der Waals surface area contributed by atoms with Gasteiger partial charge in [-0.2, -0.15) is 4.91 Å². The third kappa shape index (κ3) is 3.64. The molecule has 0 amide bonds. The number of carboxylic acid groups (broad SMARTS) is 1. The minimum absolute atomic E-state index is 0.317. The summed E-state index contributed by atoms with van der Waals surface area (Å²) in [4.78, 5) is 13.2. The molecule has 0 aliphatic heterocycles. The van der Waals surface area contributed by atoms with E-state index in [1.807, 2.05) is 0 Å². The fraction of sp³-hybridized carbons (Fsp3) is 0.833. The number of rotatable bonds is 6. The van der Waals surface area contributed by atoms with Crippen LogP contribution in [0, 0.1) is 0 Å². The van der Waals surface area contributed by atoms with Crippen molar-refractivity contribution < 1.29 is 9.90 Å². The minimum atomic E-state index is -1.23. The molecular weight excluding hydrogens is 174 g/mol. The Balaban J connectivity index is 4.33. The lowest BCUT2D eigenvalue weighted by Gasteiger charge is -2.19. The zero-order valence-corrected chi connectivity index (χ0v) is 7.40. The number of nitrogens with one attached hydrogen (secondary N) is 1. The third-order valence-electron chi connectivity index (χ3n) is 1.69. The molecule has 0 aromatic heterocycles. The molecule has 0 aromatic carbocycles. The van der Waals surface area contributed by atoms with E-state index >= 15 is 0 Å². The molecule has 0 fully saturated rings. The van der Waals surface area contributed by atoms with Gasteiger partial charge in [0.1, 0.15) is 0 Å². The van der Waals surface area contributed by atoms with E-state index in [2.05, 4.69) is 15.6 Å². The van der Waals surface area contributed by atoms with Crippen LogP contribution in [0.4, 0.5) is 0 Å². The summed E-state index contributed by atoms with van der Waals surface area (Å²) in [5, 5.41) is 11.8. The molecule has 7 nitrogen and oxygen atoms in total. The first-order valence-corrected chi connectivity index (χ1v) is 3.81. The second-order valence-electron chi connectivity index (χ2n) is 2.83. The summed E-state index contributed by atoms with van der Waals surface area (Å²) in [6, 6.07) is 0. The second kappa shape index (κ2) is 5.23. The Kier molecular flexibility index (Phi) is 4.64. The van der Waals surface area contributed by atoms with Crippen molar-refractivity contribution in [1.29, 1.82) is 0 Å². The molecule has 0 aliphatic carbocycles. The van der Waals surface area contributed by atoms with E-state index in [9.17, 15) is 4.79 Å². The predicted molar refractivity (Wildman–Crippen MR) is 46.6 cm³/mol. The summed E-state index contributed by atoms with van der Waals surface area (Å²) in [6.07, 6.45) is 0.870. The summed E-state index contributed by atoms with van der Waals surface area (Å²) in [5.74, 6) is -1.06. The van der Waals surface area contributed by atoms with Crippen LogP contribution in [0.25, 0.3) is 10.4 Å². The highest BCUT2D eigenvalue weighted by molar-refractivity contribution is 5.78. The number of aliphatic carboxylic acids is 1. The Morgan fingerprint density at radius 2 is 2.46 bits per heavy atom. The molecule has 4 N–H and O–H groups in total. The summed E-state index contributed by atoms with van der Waals surface area (Å²) in [7, 11) is 0. The van der Waals surface area contributed by atoms with Crippen LogP contribution in [0.5, 0.6) is 0 Å². The molecule has 74 valence electrons. The highest BCUT2D eigenvalue weighted by Crippen LogP contribution is 2.12. The van der Waals surface area contributed by atoms with E-state index in [0.29, 0.717) is 19.4 Å². The topological polar surface area (TPSA) is 124 Å². The largest absolute Gasteiger partial charge is 0.478 e. The van der Waals surface area contributed by atoms with Crippen molar-refractivity contribution in [1.82, 2.24) is 5.43 Å². The minimum Gasteiger partial charge on any atom is -0.478 e. The van der Waals surface area contributed by atoms with Crippen LogP contribution in [-0.2, 0) is 4.79 Å². The van der Waals surface area contributed by atoms with Gasteiger partial charge in [-0.1, -0.05) is 0 Å². The van der Waals surface area contributed by atoms with Crippen LogP contribution in [0.3, 0.4) is 0 Å². The molecule has 0 spiro atoms. The quantitative estimate of drug-likeness (QED) is 0.240. The smallest absolute Gasteiger partial charge is 0.351 e. The van der Waals surface area contributed by atoms with E-state index < -0.39 is 11.5 Å². The van der Waals surface area contributed by atoms with Crippen LogP contribution in [0.2, 0.25) is 0 Å². The van der Waals surface area contributed by atoms with Gasteiger partial charge in [0.05, 0.1) is 0 Å². The molecule has 0 rings (SSSR count). The fourth-order valence-electron chi connectivity index (χ4n) is 0.799. The lowest BCUT2D eigenvalue weighted by molar-refractivity contribution is -0.144. The van der Waals surface area contributed by atoms with Gasteiger partial charge in [-0.15, -0.1) is 5.53 Å². The van der Waals surface area contributed by atoms with E-state index in [0.717, 1.165) is 0 Å². The van der Waals surface area contributed by atoms with Crippen molar-refractivity contribution in [3.8, 4) is 0 Å². The molecule has 0 aliphatic rings. The van der Waals surface area contributed by atoms with E-state index in [4.69, 9.17) is 16.4 Å². The first-order chi connectivity index (χ1) is 6.06. The SMILES string of the molecule is C[C@@](CCCN)(NN=[N+]=[N-])C(=O)O. The molecule has 0 saturated carbocycles. The van der Waals surface area contributed by atoms with Gasteiger partial charge in [-0.3, -0.25) is 0 Å². The van der Waals surface area contributed by atoms with Crippen molar-refractivity contribution in [2.45, 2.75) is 25.3 Å². The average molecular weight is 187 g/mol. The zero-order chi connectivity index (χ0) is 10.3. The van der Waals surface area contributed by atoms with Gasteiger partial charge < -0.3 is 10.8 Å². The molecule has 0 heterocycles. The highest BCUT2D eigenvalue weighted by Gasteiger charge is 2.35. The van der Waals surface area contributed by atoms with Crippen LogP contribution >= 0.6 is 0 Å². The first kappa shape index (κ1) is 11.5. The number of nitrogens with zero attached hydrogens (tertiary/aromatic N) is 3. The van der Waals surface area contributed by atoms with Crippen molar-refractivity contribution in [2.24, 2.45) is 11.0 Å². The summed E-state index contributed by atoms with van der Waals surface area (Å²) in [6.45, 7) is 1.85. The number of carbonyl (C=O) groups is 1. The number of azide groups is 1. The maximum Gasteiger partial charge on any atom is 0.351 e. The van der Waals surface area contributed by atoms with Gasteiger partial charge in [0.25, 0.3) is 0 Å². The van der Waals surface area contributed by atoms with E-state index in [1.165, 1.54) is 6.92 Å². The first-order valence-electron chi connectivity index (χ1n) is 3.81.